The molecule has 3 N–H and O–H groups in total. The normalized spacial score (nSPS) is 22.2. The van der Waals surface area contributed by atoms with Gasteiger partial charge in [0.15, 0.2) is 0 Å². The second kappa shape index (κ2) is 5.26. The molecule has 0 saturated carbocycles. The predicted octanol–water partition coefficient (Wildman–Crippen LogP) is 2.89. The molecule has 20 heavy (non-hydrogen) atoms. The molecule has 0 radical (unpaired) electrons. The molecule has 0 aliphatic carbocycles. The third-order valence-corrected chi connectivity index (χ3v) is 6.30. The van der Waals surface area contributed by atoms with Gasteiger partial charge in [0.1, 0.15) is 9.71 Å². The zero-order valence-electron chi connectivity index (χ0n) is 11.3. The Bertz CT molecular complexity index is 647. The molecule has 1 unspecified atom stereocenters. The zero-order valence-corrected chi connectivity index (χ0v) is 12.9. The topological polar surface area (TPSA) is 68.0 Å². The molecule has 6 heteroatoms. The van der Waals surface area contributed by atoms with E-state index in [1.807, 2.05) is 23.9 Å². The highest BCUT2D eigenvalue weighted by molar-refractivity contribution is 8.00. The number of amides is 1. The average Bonchev–Trinajstić information content (AvgIpc) is 3.02. The number of nitrogen functional groups attached to an aromatic ring is 1. The van der Waals surface area contributed by atoms with E-state index < -0.39 is 0 Å². The van der Waals surface area contributed by atoms with Gasteiger partial charge in [0, 0.05) is 22.9 Å². The Kier molecular flexibility index (Phi) is 3.60. The Morgan fingerprint density at radius 2 is 2.45 bits per heavy atom. The lowest BCUT2D eigenvalue weighted by Crippen LogP contribution is -2.36. The highest BCUT2D eigenvalue weighted by Crippen LogP contribution is 2.37. The maximum absolute atomic E-state index is 12.3. The van der Waals surface area contributed by atoms with Crippen molar-refractivity contribution >= 4 is 44.9 Å². The zero-order chi connectivity index (χ0) is 14.2. The van der Waals surface area contributed by atoms with Gasteiger partial charge in [0.2, 0.25) is 0 Å². The molecule has 1 saturated heterocycles. The van der Waals surface area contributed by atoms with Crippen LogP contribution in [0.5, 0.6) is 0 Å². The SMILES string of the molecule is CC1(CNC(=O)c2sc3ncccc3c2N)CCCS1. The lowest BCUT2D eigenvalue weighted by molar-refractivity contribution is 0.0955. The molecular formula is C14H17N3OS2. The van der Waals surface area contributed by atoms with Crippen molar-refractivity contribution in [1.29, 1.82) is 0 Å². The number of nitrogens with zero attached hydrogens (tertiary/aromatic N) is 1. The molecule has 3 heterocycles. The standard InChI is InChI=1S/C14H17N3OS2/c1-14(5-3-7-19-14)8-17-12(18)11-10(15)9-4-2-6-16-13(9)20-11/h2,4,6H,3,5,7-8,15H2,1H3,(H,17,18). The van der Waals surface area contributed by atoms with Crippen LogP contribution in [0.3, 0.4) is 0 Å². The van der Waals surface area contributed by atoms with Gasteiger partial charge >= 0.3 is 0 Å². The predicted molar refractivity (Wildman–Crippen MR) is 86.5 cm³/mol. The first kappa shape index (κ1) is 13.7. The third kappa shape index (κ3) is 2.50. The van der Waals surface area contributed by atoms with Crippen molar-refractivity contribution in [1.82, 2.24) is 10.3 Å². The van der Waals surface area contributed by atoms with Crippen molar-refractivity contribution < 1.29 is 4.79 Å². The van der Waals surface area contributed by atoms with E-state index in [1.165, 1.54) is 23.5 Å². The molecule has 3 rings (SSSR count). The lowest BCUT2D eigenvalue weighted by atomic mass is 10.1. The molecule has 2 aromatic rings. The molecule has 2 aromatic heterocycles. The van der Waals surface area contributed by atoms with E-state index in [1.54, 1.807) is 6.20 Å². The van der Waals surface area contributed by atoms with Crippen molar-refractivity contribution in [2.75, 3.05) is 18.0 Å². The quantitative estimate of drug-likeness (QED) is 0.915. The number of thioether (sulfide) groups is 1. The summed E-state index contributed by atoms with van der Waals surface area (Å²) in [6, 6.07) is 3.74. The number of rotatable bonds is 3. The summed E-state index contributed by atoms with van der Waals surface area (Å²) in [6.07, 6.45) is 4.10. The van der Waals surface area contributed by atoms with E-state index in [0.717, 1.165) is 16.6 Å². The molecule has 106 valence electrons. The lowest BCUT2D eigenvalue weighted by Gasteiger charge is -2.22. The van der Waals surface area contributed by atoms with E-state index in [4.69, 9.17) is 5.73 Å². The number of hydrogen-bond donors (Lipinski definition) is 2. The van der Waals surface area contributed by atoms with Gasteiger partial charge in [-0.05, 0) is 37.7 Å². The van der Waals surface area contributed by atoms with Gasteiger partial charge in [0.05, 0.1) is 5.69 Å². The number of nitrogens with one attached hydrogen (secondary N) is 1. The molecule has 0 spiro atoms. The van der Waals surface area contributed by atoms with Crippen LogP contribution in [0.2, 0.25) is 0 Å². The van der Waals surface area contributed by atoms with Gasteiger partial charge in [-0.2, -0.15) is 11.8 Å². The number of fused-ring (bicyclic) bond motifs is 1. The molecule has 4 nitrogen and oxygen atoms in total. The van der Waals surface area contributed by atoms with Gasteiger partial charge in [-0.3, -0.25) is 4.79 Å². The number of aromatic nitrogens is 1. The summed E-state index contributed by atoms with van der Waals surface area (Å²) in [7, 11) is 0. The molecule has 1 aliphatic heterocycles. The summed E-state index contributed by atoms with van der Waals surface area (Å²) < 4.78 is 0.166. The third-order valence-electron chi connectivity index (χ3n) is 3.63. The van der Waals surface area contributed by atoms with E-state index in [9.17, 15) is 4.79 Å². The van der Waals surface area contributed by atoms with Crippen LogP contribution in [0.1, 0.15) is 29.4 Å². The van der Waals surface area contributed by atoms with Gasteiger partial charge in [-0.25, -0.2) is 4.98 Å². The van der Waals surface area contributed by atoms with Crippen molar-refractivity contribution in [3.63, 3.8) is 0 Å². The first-order valence-corrected chi connectivity index (χ1v) is 8.44. The Hall–Kier alpha value is -1.27. The Labute approximate surface area is 126 Å². The van der Waals surface area contributed by atoms with Crippen LogP contribution in [0, 0.1) is 0 Å². The molecule has 1 atom stereocenters. The monoisotopic (exact) mass is 307 g/mol. The summed E-state index contributed by atoms with van der Waals surface area (Å²) >= 11 is 3.29. The van der Waals surface area contributed by atoms with E-state index in [2.05, 4.69) is 17.2 Å². The number of carbonyl (C=O) groups is 1. The van der Waals surface area contributed by atoms with Gasteiger partial charge < -0.3 is 11.1 Å². The fraction of sp³-hybridized carbons (Fsp3) is 0.429. The highest BCUT2D eigenvalue weighted by Gasteiger charge is 2.30. The fourth-order valence-electron chi connectivity index (χ4n) is 2.44. The smallest absolute Gasteiger partial charge is 0.263 e. The van der Waals surface area contributed by atoms with Gasteiger partial charge in [0.25, 0.3) is 5.91 Å². The van der Waals surface area contributed by atoms with Crippen molar-refractivity contribution in [3.05, 3.63) is 23.2 Å². The van der Waals surface area contributed by atoms with Crippen LogP contribution in [0.15, 0.2) is 18.3 Å². The van der Waals surface area contributed by atoms with Crippen molar-refractivity contribution in [2.24, 2.45) is 0 Å². The number of thiophene rings is 1. The molecule has 0 aromatic carbocycles. The Morgan fingerprint density at radius 1 is 1.60 bits per heavy atom. The summed E-state index contributed by atoms with van der Waals surface area (Å²) in [6.45, 7) is 2.90. The van der Waals surface area contributed by atoms with E-state index in [0.29, 0.717) is 17.1 Å². The summed E-state index contributed by atoms with van der Waals surface area (Å²) in [5.74, 6) is 1.10. The summed E-state index contributed by atoms with van der Waals surface area (Å²) in [4.78, 5) is 18.0. The molecule has 1 aliphatic rings. The minimum Gasteiger partial charge on any atom is -0.397 e. The van der Waals surface area contributed by atoms with Crippen LogP contribution in [0.4, 0.5) is 5.69 Å². The number of nitrogens with two attached hydrogens (primary N) is 1. The number of pyridine rings is 1. The second-order valence-corrected chi connectivity index (χ2v) is 7.97. The van der Waals surface area contributed by atoms with Crippen LogP contribution >= 0.6 is 23.1 Å². The second-order valence-electron chi connectivity index (χ2n) is 5.29. The number of carbonyl (C=O) groups excluding carboxylic acids is 1. The molecule has 0 bridgehead atoms. The fourth-order valence-corrected chi connectivity index (χ4v) is 4.67. The van der Waals surface area contributed by atoms with Crippen molar-refractivity contribution in [2.45, 2.75) is 24.5 Å². The van der Waals surface area contributed by atoms with Gasteiger partial charge in [-0.15, -0.1) is 11.3 Å². The summed E-state index contributed by atoms with van der Waals surface area (Å²) in [5.41, 5.74) is 6.60. The van der Waals surface area contributed by atoms with Crippen molar-refractivity contribution in [3.8, 4) is 0 Å². The van der Waals surface area contributed by atoms with E-state index >= 15 is 0 Å². The minimum absolute atomic E-state index is 0.0841. The largest absolute Gasteiger partial charge is 0.397 e. The van der Waals surface area contributed by atoms with Gasteiger partial charge in [-0.1, -0.05) is 0 Å². The maximum Gasteiger partial charge on any atom is 0.263 e. The molecular weight excluding hydrogens is 290 g/mol. The summed E-state index contributed by atoms with van der Waals surface area (Å²) in [5, 5.41) is 3.89. The highest BCUT2D eigenvalue weighted by atomic mass is 32.2. The van der Waals surface area contributed by atoms with Crippen LogP contribution < -0.4 is 11.1 Å². The average molecular weight is 307 g/mol. The Balaban J connectivity index is 1.77. The first-order valence-electron chi connectivity index (χ1n) is 6.64. The minimum atomic E-state index is -0.0841. The van der Waals surface area contributed by atoms with E-state index in [-0.39, 0.29) is 10.7 Å². The molecule has 1 fully saturated rings. The molecule has 1 amide bonds. The first-order chi connectivity index (χ1) is 9.59. The number of hydrogen-bond acceptors (Lipinski definition) is 5. The Morgan fingerprint density at radius 3 is 3.15 bits per heavy atom. The maximum atomic E-state index is 12.3. The number of anilines is 1. The van der Waals surface area contributed by atoms with Crippen LogP contribution in [0.25, 0.3) is 10.2 Å². The van der Waals surface area contributed by atoms with Crippen LogP contribution in [-0.2, 0) is 0 Å². The van der Waals surface area contributed by atoms with Crippen LogP contribution in [-0.4, -0.2) is 27.9 Å².